The first-order valence-electron chi connectivity index (χ1n) is 3.60. The van der Waals surface area contributed by atoms with E-state index in [2.05, 4.69) is 0 Å². The fourth-order valence-corrected chi connectivity index (χ4v) is 2.11. The zero-order valence-corrected chi connectivity index (χ0v) is 8.06. The topological polar surface area (TPSA) is 0 Å². The van der Waals surface area contributed by atoms with E-state index in [-0.39, 0.29) is 0 Å². The molecule has 0 aliphatic rings. The van der Waals surface area contributed by atoms with E-state index in [4.69, 9.17) is 0 Å². The van der Waals surface area contributed by atoms with Crippen molar-refractivity contribution in [1.82, 2.24) is 0 Å². The summed E-state index contributed by atoms with van der Waals surface area (Å²) < 4.78 is 35.9. The van der Waals surface area contributed by atoms with Gasteiger partial charge in [0.2, 0.25) is 0 Å². The number of halogens is 3. The molecular formula is C8H9F3Si. The summed E-state index contributed by atoms with van der Waals surface area (Å²) in [6.45, 7) is 1.72. The molecule has 0 aliphatic heterocycles. The zero-order chi connectivity index (χ0) is 9.19. The maximum absolute atomic E-state index is 12.0. The monoisotopic (exact) mass is 190 g/mol. The van der Waals surface area contributed by atoms with Gasteiger partial charge in [-0.25, -0.2) is 0 Å². The molecule has 0 N–H and O–H groups in total. The standard InChI is InChI=1S/C8H9F3Si/c1-6-4-2-3-5-7(6)12-8(9,10)11/h2-5H,12H2,1H3. The molecule has 0 aromatic heterocycles. The van der Waals surface area contributed by atoms with Crippen LogP contribution in [0.2, 0.25) is 0 Å². The Kier molecular flexibility index (Phi) is 2.57. The molecule has 1 rings (SSSR count). The molecule has 0 amide bonds. The van der Waals surface area contributed by atoms with Gasteiger partial charge in [-0.3, -0.25) is 0 Å². The summed E-state index contributed by atoms with van der Waals surface area (Å²) in [5.41, 5.74) is 0.751. The molecule has 1 aromatic carbocycles. The summed E-state index contributed by atoms with van der Waals surface area (Å²) >= 11 is 0. The summed E-state index contributed by atoms with van der Waals surface area (Å²) in [4.78, 5) is 0. The van der Waals surface area contributed by atoms with Crippen LogP contribution in [0, 0.1) is 6.92 Å². The largest absolute Gasteiger partial charge is 0.359 e. The molecule has 12 heavy (non-hydrogen) atoms. The highest BCUT2D eigenvalue weighted by atomic mass is 28.2. The fourth-order valence-electron chi connectivity index (χ4n) is 1.02. The molecule has 0 saturated heterocycles. The van der Waals surface area contributed by atoms with E-state index in [1.807, 2.05) is 0 Å². The van der Waals surface area contributed by atoms with Gasteiger partial charge in [-0.05, 0) is 6.92 Å². The van der Waals surface area contributed by atoms with Gasteiger partial charge in [-0.1, -0.05) is 35.0 Å². The predicted molar refractivity (Wildman–Crippen MR) is 45.4 cm³/mol. The van der Waals surface area contributed by atoms with E-state index in [1.165, 1.54) is 0 Å². The lowest BCUT2D eigenvalue weighted by Crippen LogP contribution is -2.31. The number of hydrogen-bond acceptors (Lipinski definition) is 0. The first-order chi connectivity index (χ1) is 5.49. The van der Waals surface area contributed by atoms with E-state index >= 15 is 0 Å². The van der Waals surface area contributed by atoms with Gasteiger partial charge in [0.15, 0.2) is 9.52 Å². The van der Waals surface area contributed by atoms with Crippen LogP contribution in [0.25, 0.3) is 0 Å². The van der Waals surface area contributed by atoms with Gasteiger partial charge in [0.05, 0.1) is 0 Å². The lowest BCUT2D eigenvalue weighted by Gasteiger charge is -2.07. The average molecular weight is 190 g/mol. The molecule has 66 valence electrons. The quantitative estimate of drug-likeness (QED) is 0.586. The molecule has 1 aromatic rings. The van der Waals surface area contributed by atoms with Crippen molar-refractivity contribution in [3.63, 3.8) is 0 Å². The predicted octanol–water partition coefficient (Wildman–Crippen LogP) is 1.31. The van der Waals surface area contributed by atoms with E-state index < -0.39 is 15.3 Å². The Morgan fingerprint density at radius 3 is 2.25 bits per heavy atom. The van der Waals surface area contributed by atoms with Crippen LogP contribution < -0.4 is 5.19 Å². The Balaban J connectivity index is 2.83. The van der Waals surface area contributed by atoms with Crippen LogP contribution in [0.1, 0.15) is 5.56 Å². The second-order valence-corrected chi connectivity index (χ2v) is 4.64. The van der Waals surface area contributed by atoms with Gasteiger partial charge in [0, 0.05) is 0 Å². The van der Waals surface area contributed by atoms with Gasteiger partial charge in [-0.2, -0.15) is 13.2 Å². The summed E-state index contributed by atoms with van der Waals surface area (Å²) in [6, 6.07) is 6.69. The smallest absolute Gasteiger partial charge is 0.177 e. The van der Waals surface area contributed by atoms with E-state index in [9.17, 15) is 13.2 Å². The van der Waals surface area contributed by atoms with Crippen molar-refractivity contribution < 1.29 is 13.2 Å². The molecule has 0 aliphatic carbocycles. The molecule has 0 spiro atoms. The van der Waals surface area contributed by atoms with Gasteiger partial charge in [-0.15, -0.1) is 0 Å². The molecular weight excluding hydrogens is 181 g/mol. The molecule has 0 unspecified atom stereocenters. The molecule has 0 fully saturated rings. The summed E-state index contributed by atoms with van der Waals surface area (Å²) in [5, 5.41) is 0.491. The number of hydrogen-bond donors (Lipinski definition) is 0. The third kappa shape index (κ3) is 2.69. The van der Waals surface area contributed by atoms with Crippen molar-refractivity contribution in [3.05, 3.63) is 29.8 Å². The highest BCUT2D eigenvalue weighted by molar-refractivity contribution is 6.55. The summed E-state index contributed by atoms with van der Waals surface area (Å²) in [6.07, 6.45) is 0. The van der Waals surface area contributed by atoms with Crippen LogP contribution in [0.5, 0.6) is 0 Å². The minimum Gasteiger partial charge on any atom is -0.177 e. The lowest BCUT2D eigenvalue weighted by molar-refractivity contribution is -0.0455. The Morgan fingerprint density at radius 2 is 1.75 bits per heavy atom. The van der Waals surface area contributed by atoms with Gasteiger partial charge in [0.1, 0.15) is 0 Å². The highest BCUT2D eigenvalue weighted by Gasteiger charge is 2.28. The zero-order valence-electron chi connectivity index (χ0n) is 6.65. The summed E-state index contributed by atoms with van der Waals surface area (Å²) in [7, 11) is -2.10. The van der Waals surface area contributed by atoms with Gasteiger partial charge < -0.3 is 0 Å². The summed E-state index contributed by atoms with van der Waals surface area (Å²) in [5.74, 6) is -3.97. The van der Waals surface area contributed by atoms with Crippen molar-refractivity contribution in [2.45, 2.75) is 12.7 Å². The Bertz CT molecular complexity index is 267. The van der Waals surface area contributed by atoms with E-state index in [0.29, 0.717) is 5.19 Å². The van der Waals surface area contributed by atoms with Crippen LogP contribution >= 0.6 is 0 Å². The Hall–Kier alpha value is -0.773. The Labute approximate surface area is 71.2 Å². The van der Waals surface area contributed by atoms with Crippen LogP contribution in [-0.4, -0.2) is 15.3 Å². The highest BCUT2D eigenvalue weighted by Crippen LogP contribution is 2.12. The third-order valence-corrected chi connectivity index (χ3v) is 3.23. The second-order valence-electron chi connectivity index (χ2n) is 2.72. The second kappa shape index (κ2) is 3.31. The molecule has 0 nitrogen and oxygen atoms in total. The van der Waals surface area contributed by atoms with Crippen LogP contribution in [0.15, 0.2) is 24.3 Å². The molecule has 0 bridgehead atoms. The average Bonchev–Trinajstić information content (AvgIpc) is 1.91. The molecule has 0 saturated carbocycles. The van der Waals surface area contributed by atoms with E-state index in [0.717, 1.165) is 5.56 Å². The minimum atomic E-state index is -3.97. The SMILES string of the molecule is Cc1ccccc1[SiH2]C(F)(F)F. The minimum absolute atomic E-state index is 0.491. The first kappa shape index (κ1) is 9.32. The fraction of sp³-hybridized carbons (Fsp3) is 0.250. The van der Waals surface area contributed by atoms with Crippen molar-refractivity contribution >= 4 is 14.7 Å². The van der Waals surface area contributed by atoms with Crippen LogP contribution in [0.3, 0.4) is 0 Å². The van der Waals surface area contributed by atoms with E-state index in [1.54, 1.807) is 31.2 Å². The number of aryl methyl sites for hydroxylation is 1. The van der Waals surface area contributed by atoms with Crippen molar-refractivity contribution in [2.75, 3.05) is 0 Å². The maximum Gasteiger partial charge on any atom is 0.359 e. The van der Waals surface area contributed by atoms with Crippen molar-refractivity contribution in [3.8, 4) is 0 Å². The molecule has 0 radical (unpaired) electrons. The van der Waals surface area contributed by atoms with Gasteiger partial charge >= 0.3 is 5.80 Å². The number of rotatable bonds is 1. The van der Waals surface area contributed by atoms with Crippen molar-refractivity contribution in [1.29, 1.82) is 0 Å². The molecule has 0 heterocycles. The lowest BCUT2D eigenvalue weighted by atomic mass is 10.2. The third-order valence-electron chi connectivity index (χ3n) is 1.65. The van der Waals surface area contributed by atoms with Crippen LogP contribution in [-0.2, 0) is 0 Å². The normalized spacial score (nSPS) is 12.7. The first-order valence-corrected chi connectivity index (χ1v) is 5.02. The van der Waals surface area contributed by atoms with Crippen molar-refractivity contribution in [2.24, 2.45) is 0 Å². The number of benzene rings is 1. The van der Waals surface area contributed by atoms with Gasteiger partial charge in [0.25, 0.3) is 0 Å². The Morgan fingerprint density at radius 1 is 1.17 bits per heavy atom. The molecule has 0 atom stereocenters. The number of alkyl halides is 3. The molecule has 4 heteroatoms. The maximum atomic E-state index is 12.0. The van der Waals surface area contributed by atoms with Crippen LogP contribution in [0.4, 0.5) is 13.2 Å².